The Balaban J connectivity index is 1.58. The number of rotatable bonds is 4. The van der Waals surface area contributed by atoms with Gasteiger partial charge in [-0.05, 0) is 18.6 Å². The summed E-state index contributed by atoms with van der Waals surface area (Å²) < 4.78 is 5.41. The maximum atomic E-state index is 12.7. The first kappa shape index (κ1) is 18.7. The molecule has 0 fully saturated rings. The number of H-pyrrole nitrogens is 1. The third-order valence-electron chi connectivity index (χ3n) is 4.07. The molecule has 2 N–H and O–H groups in total. The minimum atomic E-state index is -0.489. The molecule has 3 heterocycles. The largest absolute Gasteiger partial charge is 0.442 e. The standard InChI is InChI=1S/C18H12Cl2N4O3S/c1-8-12(13-15(25)22-7-23-17(13)27-8)16(26)24-18-21-6-10(28-18)5-9-3-2-4-11(19)14(9)20/h2-4,6-7H,5H2,1H3,(H,21,24,26)(H,22,23,25). The van der Waals surface area contributed by atoms with E-state index in [-0.39, 0.29) is 16.7 Å². The van der Waals surface area contributed by atoms with E-state index in [1.807, 2.05) is 12.1 Å². The molecule has 10 heteroatoms. The molecule has 7 nitrogen and oxygen atoms in total. The van der Waals surface area contributed by atoms with Crippen molar-refractivity contribution < 1.29 is 9.21 Å². The third-order valence-corrected chi connectivity index (χ3v) is 5.84. The maximum absolute atomic E-state index is 12.7. The van der Waals surface area contributed by atoms with Crippen LogP contribution in [0.1, 0.15) is 26.6 Å². The number of aromatic amines is 1. The molecule has 3 aromatic heterocycles. The summed E-state index contributed by atoms with van der Waals surface area (Å²) in [6.45, 7) is 1.60. The highest BCUT2D eigenvalue weighted by Gasteiger charge is 2.22. The Labute approximate surface area is 172 Å². The normalized spacial score (nSPS) is 11.1. The van der Waals surface area contributed by atoms with E-state index in [1.54, 1.807) is 19.2 Å². The molecular weight excluding hydrogens is 423 g/mol. The van der Waals surface area contributed by atoms with Crippen molar-refractivity contribution in [3.63, 3.8) is 0 Å². The molecular formula is C18H12Cl2N4O3S. The van der Waals surface area contributed by atoms with Crippen molar-refractivity contribution in [1.29, 1.82) is 0 Å². The second-order valence-corrected chi connectivity index (χ2v) is 7.82. The fourth-order valence-corrected chi connectivity index (χ4v) is 4.02. The minimum absolute atomic E-state index is 0.111. The van der Waals surface area contributed by atoms with Crippen LogP contribution in [-0.4, -0.2) is 20.9 Å². The van der Waals surface area contributed by atoms with Crippen molar-refractivity contribution in [2.75, 3.05) is 5.32 Å². The average molecular weight is 435 g/mol. The number of nitrogens with one attached hydrogen (secondary N) is 2. The predicted molar refractivity (Wildman–Crippen MR) is 109 cm³/mol. The van der Waals surface area contributed by atoms with Crippen molar-refractivity contribution >= 4 is 56.7 Å². The third kappa shape index (κ3) is 3.42. The second kappa shape index (κ2) is 7.38. The summed E-state index contributed by atoms with van der Waals surface area (Å²) in [6.07, 6.45) is 3.42. The van der Waals surface area contributed by atoms with Gasteiger partial charge in [-0.3, -0.25) is 14.9 Å². The number of hydrogen-bond donors (Lipinski definition) is 2. The fourth-order valence-electron chi connectivity index (χ4n) is 2.81. The van der Waals surface area contributed by atoms with E-state index in [1.165, 1.54) is 17.7 Å². The number of carbonyl (C=O) groups is 1. The molecule has 1 aromatic carbocycles. The second-order valence-electron chi connectivity index (χ2n) is 5.92. The molecule has 0 saturated carbocycles. The summed E-state index contributed by atoms with van der Waals surface area (Å²) in [5.74, 6) is -0.185. The van der Waals surface area contributed by atoms with Crippen LogP contribution in [0, 0.1) is 6.92 Å². The first-order chi connectivity index (χ1) is 13.4. The van der Waals surface area contributed by atoms with Gasteiger partial charge in [-0.15, -0.1) is 11.3 Å². The summed E-state index contributed by atoms with van der Waals surface area (Å²) in [7, 11) is 0. The number of amides is 1. The number of furan rings is 1. The van der Waals surface area contributed by atoms with Crippen LogP contribution in [0.5, 0.6) is 0 Å². The van der Waals surface area contributed by atoms with Gasteiger partial charge in [0.15, 0.2) is 5.13 Å². The first-order valence-corrected chi connectivity index (χ1v) is 9.67. The molecule has 1 amide bonds. The van der Waals surface area contributed by atoms with E-state index in [0.29, 0.717) is 27.4 Å². The van der Waals surface area contributed by atoms with Gasteiger partial charge in [-0.2, -0.15) is 0 Å². The molecule has 0 aliphatic carbocycles. The molecule has 28 heavy (non-hydrogen) atoms. The Bertz CT molecular complexity index is 1260. The van der Waals surface area contributed by atoms with Gasteiger partial charge >= 0.3 is 0 Å². The quantitative estimate of drug-likeness (QED) is 0.494. The number of aryl methyl sites for hydroxylation is 1. The van der Waals surface area contributed by atoms with Gasteiger partial charge in [-0.25, -0.2) is 9.97 Å². The molecule has 0 atom stereocenters. The number of aromatic nitrogens is 3. The number of fused-ring (bicyclic) bond motifs is 1. The SMILES string of the molecule is Cc1oc2nc[nH]c(=O)c2c1C(=O)Nc1ncc(Cc2cccc(Cl)c2Cl)s1. The maximum Gasteiger partial charge on any atom is 0.262 e. The minimum Gasteiger partial charge on any atom is -0.442 e. The van der Waals surface area contributed by atoms with Crippen LogP contribution in [0.2, 0.25) is 10.0 Å². The highest BCUT2D eigenvalue weighted by atomic mass is 35.5. The molecule has 0 spiro atoms. The van der Waals surface area contributed by atoms with Crippen LogP contribution in [0.3, 0.4) is 0 Å². The van der Waals surface area contributed by atoms with Crippen molar-refractivity contribution in [2.45, 2.75) is 13.3 Å². The first-order valence-electron chi connectivity index (χ1n) is 8.09. The summed E-state index contributed by atoms with van der Waals surface area (Å²) in [5.41, 5.74) is 0.674. The van der Waals surface area contributed by atoms with E-state index in [9.17, 15) is 9.59 Å². The lowest BCUT2D eigenvalue weighted by Crippen LogP contribution is -2.16. The van der Waals surface area contributed by atoms with Gasteiger partial charge in [0.25, 0.3) is 11.5 Å². The van der Waals surface area contributed by atoms with E-state index in [2.05, 4.69) is 20.3 Å². The molecule has 0 unspecified atom stereocenters. The monoisotopic (exact) mass is 434 g/mol. The Morgan fingerprint density at radius 3 is 2.96 bits per heavy atom. The summed E-state index contributed by atoms with van der Waals surface area (Å²) in [5, 5.41) is 4.19. The van der Waals surface area contributed by atoms with Crippen molar-refractivity contribution in [1.82, 2.24) is 15.0 Å². The Morgan fingerprint density at radius 2 is 2.14 bits per heavy atom. The number of carbonyl (C=O) groups excluding carboxylic acids is 1. The van der Waals surface area contributed by atoms with Gasteiger partial charge in [0.2, 0.25) is 5.71 Å². The smallest absolute Gasteiger partial charge is 0.262 e. The molecule has 142 valence electrons. The van der Waals surface area contributed by atoms with Crippen LogP contribution in [0.4, 0.5) is 5.13 Å². The number of hydrogen-bond acceptors (Lipinski definition) is 6. The Hall–Kier alpha value is -2.68. The lowest BCUT2D eigenvalue weighted by molar-refractivity contribution is 0.102. The van der Waals surface area contributed by atoms with Gasteiger partial charge in [0, 0.05) is 17.5 Å². The van der Waals surface area contributed by atoms with Crippen molar-refractivity contribution in [2.24, 2.45) is 0 Å². The van der Waals surface area contributed by atoms with Gasteiger partial charge in [0.05, 0.1) is 21.9 Å². The van der Waals surface area contributed by atoms with E-state index >= 15 is 0 Å². The molecule has 0 saturated heterocycles. The van der Waals surface area contributed by atoms with E-state index < -0.39 is 11.5 Å². The number of halogens is 2. The predicted octanol–water partition coefficient (Wildman–Crippen LogP) is 4.43. The molecule has 0 bridgehead atoms. The highest BCUT2D eigenvalue weighted by Crippen LogP contribution is 2.30. The summed E-state index contributed by atoms with van der Waals surface area (Å²) >= 11 is 13.6. The zero-order valence-electron chi connectivity index (χ0n) is 14.4. The lowest BCUT2D eigenvalue weighted by atomic mass is 10.1. The topological polar surface area (TPSA) is 101 Å². The van der Waals surface area contributed by atoms with Crippen LogP contribution in [0.15, 0.2) is 39.9 Å². The number of nitrogens with zero attached hydrogens (tertiary/aromatic N) is 2. The zero-order valence-corrected chi connectivity index (χ0v) is 16.7. The Kier molecular flexibility index (Phi) is 4.92. The van der Waals surface area contributed by atoms with E-state index in [0.717, 1.165) is 10.4 Å². The highest BCUT2D eigenvalue weighted by molar-refractivity contribution is 7.15. The van der Waals surface area contributed by atoms with Gasteiger partial charge in [-0.1, -0.05) is 35.3 Å². The number of benzene rings is 1. The fraction of sp³-hybridized carbons (Fsp3) is 0.111. The van der Waals surface area contributed by atoms with Crippen LogP contribution in [0.25, 0.3) is 11.1 Å². The molecule has 0 aliphatic rings. The number of anilines is 1. The molecule has 0 aliphatic heterocycles. The van der Waals surface area contributed by atoms with Crippen LogP contribution < -0.4 is 10.9 Å². The average Bonchev–Trinajstić information content (AvgIpc) is 3.23. The summed E-state index contributed by atoms with van der Waals surface area (Å²) in [4.78, 5) is 36.3. The van der Waals surface area contributed by atoms with Crippen LogP contribution in [-0.2, 0) is 6.42 Å². The van der Waals surface area contributed by atoms with Gasteiger partial charge in [0.1, 0.15) is 11.1 Å². The van der Waals surface area contributed by atoms with E-state index in [4.69, 9.17) is 27.6 Å². The molecule has 0 radical (unpaired) electrons. The Morgan fingerprint density at radius 1 is 1.32 bits per heavy atom. The number of thiazole rings is 1. The lowest BCUT2D eigenvalue weighted by Gasteiger charge is -2.03. The van der Waals surface area contributed by atoms with Crippen molar-refractivity contribution in [3.8, 4) is 0 Å². The van der Waals surface area contributed by atoms with Crippen molar-refractivity contribution in [3.05, 3.63) is 72.9 Å². The molecule has 4 aromatic rings. The van der Waals surface area contributed by atoms with Crippen LogP contribution >= 0.6 is 34.5 Å². The van der Waals surface area contributed by atoms with Gasteiger partial charge < -0.3 is 9.40 Å². The molecule has 4 rings (SSSR count). The zero-order chi connectivity index (χ0) is 19.8. The summed E-state index contributed by atoms with van der Waals surface area (Å²) in [6, 6.07) is 5.43.